The first-order chi connectivity index (χ1) is 9.36. The van der Waals surface area contributed by atoms with Crippen LogP contribution in [-0.2, 0) is 12.0 Å². The number of hydrogen-bond acceptors (Lipinski definition) is 2. The van der Waals surface area contributed by atoms with Crippen molar-refractivity contribution < 1.29 is 0 Å². The third-order valence-corrected chi connectivity index (χ3v) is 3.58. The van der Waals surface area contributed by atoms with E-state index >= 15 is 0 Å². The third-order valence-electron chi connectivity index (χ3n) is 3.28. The van der Waals surface area contributed by atoms with Crippen molar-refractivity contribution in [1.82, 2.24) is 4.98 Å². The number of nitrogens with one attached hydrogen (secondary N) is 1. The minimum atomic E-state index is 0.190. The molecule has 0 aliphatic rings. The highest BCUT2D eigenvalue weighted by molar-refractivity contribution is 6.31. The molecule has 0 spiro atoms. The van der Waals surface area contributed by atoms with E-state index in [1.165, 1.54) is 11.1 Å². The van der Waals surface area contributed by atoms with E-state index in [9.17, 15) is 0 Å². The Morgan fingerprint density at radius 3 is 2.40 bits per heavy atom. The van der Waals surface area contributed by atoms with Gasteiger partial charge in [-0.25, -0.2) is 4.98 Å². The van der Waals surface area contributed by atoms with E-state index < -0.39 is 0 Å². The zero-order chi connectivity index (χ0) is 14.8. The summed E-state index contributed by atoms with van der Waals surface area (Å²) in [4.78, 5) is 4.14. The summed E-state index contributed by atoms with van der Waals surface area (Å²) in [5.74, 6) is 0. The SMILES string of the molecule is Cc1cnc(Cl)c(NCc2ccc(C(C)(C)C)cc2)c1. The summed E-state index contributed by atoms with van der Waals surface area (Å²) in [5, 5.41) is 3.85. The lowest BCUT2D eigenvalue weighted by atomic mass is 9.87. The van der Waals surface area contributed by atoms with Gasteiger partial charge in [0.15, 0.2) is 5.15 Å². The Morgan fingerprint density at radius 2 is 1.80 bits per heavy atom. The maximum absolute atomic E-state index is 6.07. The van der Waals surface area contributed by atoms with Crippen LogP contribution >= 0.6 is 11.6 Å². The van der Waals surface area contributed by atoms with Gasteiger partial charge in [-0.3, -0.25) is 0 Å². The van der Waals surface area contributed by atoms with E-state index in [2.05, 4.69) is 55.3 Å². The number of halogens is 1. The molecule has 1 heterocycles. The zero-order valence-corrected chi connectivity index (χ0v) is 13.3. The number of aromatic nitrogens is 1. The predicted octanol–water partition coefficient (Wildman–Crippen LogP) is 4.95. The summed E-state index contributed by atoms with van der Waals surface area (Å²) in [6, 6.07) is 10.7. The summed E-state index contributed by atoms with van der Waals surface area (Å²) in [6.45, 7) is 9.41. The lowest BCUT2D eigenvalue weighted by molar-refractivity contribution is 0.590. The van der Waals surface area contributed by atoms with Crippen molar-refractivity contribution in [3.8, 4) is 0 Å². The monoisotopic (exact) mass is 288 g/mol. The van der Waals surface area contributed by atoms with E-state index in [1.54, 1.807) is 6.20 Å². The standard InChI is InChI=1S/C17H21ClN2/c1-12-9-15(16(18)20-10-12)19-11-13-5-7-14(8-6-13)17(2,3)4/h5-10,19H,11H2,1-4H3. The van der Waals surface area contributed by atoms with Crippen LogP contribution in [0.4, 0.5) is 5.69 Å². The van der Waals surface area contributed by atoms with Gasteiger partial charge in [0.25, 0.3) is 0 Å². The fraction of sp³-hybridized carbons (Fsp3) is 0.353. The number of rotatable bonds is 3. The molecule has 1 N–H and O–H groups in total. The van der Waals surface area contributed by atoms with E-state index in [0.29, 0.717) is 5.15 Å². The Morgan fingerprint density at radius 1 is 1.15 bits per heavy atom. The molecule has 0 fully saturated rings. The minimum Gasteiger partial charge on any atom is -0.378 e. The second kappa shape index (κ2) is 5.84. The predicted molar refractivity (Wildman–Crippen MR) is 86.5 cm³/mol. The van der Waals surface area contributed by atoms with Crippen LogP contribution in [0.25, 0.3) is 0 Å². The van der Waals surface area contributed by atoms with Crippen molar-refractivity contribution in [2.45, 2.75) is 39.7 Å². The molecule has 0 bridgehead atoms. The molecule has 1 aromatic heterocycles. The molecule has 2 aromatic rings. The molecule has 0 unspecified atom stereocenters. The van der Waals surface area contributed by atoms with Crippen LogP contribution in [0.2, 0.25) is 5.15 Å². The molecule has 106 valence electrons. The van der Waals surface area contributed by atoms with Crippen molar-refractivity contribution in [2.24, 2.45) is 0 Å². The summed E-state index contributed by atoms with van der Waals surface area (Å²) in [5.41, 5.74) is 4.74. The van der Waals surface area contributed by atoms with Crippen molar-refractivity contribution in [3.63, 3.8) is 0 Å². The first-order valence-corrected chi connectivity index (χ1v) is 7.19. The zero-order valence-electron chi connectivity index (χ0n) is 12.5. The van der Waals surface area contributed by atoms with Gasteiger partial charge in [0.2, 0.25) is 0 Å². The van der Waals surface area contributed by atoms with Crippen molar-refractivity contribution in [2.75, 3.05) is 5.32 Å². The number of aryl methyl sites for hydroxylation is 1. The molecule has 1 aromatic carbocycles. The van der Waals surface area contributed by atoms with Crippen LogP contribution < -0.4 is 5.32 Å². The molecule has 0 radical (unpaired) electrons. The van der Waals surface area contributed by atoms with Gasteiger partial charge in [-0.2, -0.15) is 0 Å². The molecule has 0 aliphatic heterocycles. The number of nitrogens with zero attached hydrogens (tertiary/aromatic N) is 1. The Hall–Kier alpha value is -1.54. The molecule has 0 amide bonds. The van der Waals surface area contributed by atoms with Crippen LogP contribution in [-0.4, -0.2) is 4.98 Å². The first-order valence-electron chi connectivity index (χ1n) is 6.82. The topological polar surface area (TPSA) is 24.9 Å². The molecule has 2 rings (SSSR count). The number of anilines is 1. The molecule has 2 nitrogen and oxygen atoms in total. The summed E-state index contributed by atoms with van der Waals surface area (Å²) >= 11 is 6.07. The second-order valence-electron chi connectivity index (χ2n) is 6.15. The Kier molecular flexibility index (Phi) is 4.34. The van der Waals surface area contributed by atoms with Crippen LogP contribution in [0.3, 0.4) is 0 Å². The minimum absolute atomic E-state index is 0.190. The Labute approximate surface area is 126 Å². The Balaban J connectivity index is 2.06. The van der Waals surface area contributed by atoms with Crippen LogP contribution in [0, 0.1) is 6.92 Å². The molecule has 0 saturated carbocycles. The average Bonchev–Trinajstić information content (AvgIpc) is 2.39. The molecule has 0 aliphatic carbocycles. The maximum atomic E-state index is 6.07. The number of hydrogen-bond donors (Lipinski definition) is 1. The molecule has 3 heteroatoms. The van der Waals surface area contributed by atoms with Gasteiger partial charge in [-0.1, -0.05) is 56.6 Å². The van der Waals surface area contributed by atoms with Gasteiger partial charge in [-0.05, 0) is 35.1 Å². The molecule has 0 saturated heterocycles. The lowest BCUT2D eigenvalue weighted by Gasteiger charge is -2.19. The molecular weight excluding hydrogens is 268 g/mol. The Bertz CT molecular complexity index is 583. The number of pyridine rings is 1. The maximum Gasteiger partial charge on any atom is 0.152 e. The van der Waals surface area contributed by atoms with Gasteiger partial charge in [0.05, 0.1) is 5.69 Å². The number of benzene rings is 1. The van der Waals surface area contributed by atoms with Gasteiger partial charge in [0.1, 0.15) is 0 Å². The van der Waals surface area contributed by atoms with Gasteiger partial charge < -0.3 is 5.32 Å². The van der Waals surface area contributed by atoms with Gasteiger partial charge >= 0.3 is 0 Å². The lowest BCUT2D eigenvalue weighted by Crippen LogP contribution is -2.11. The summed E-state index contributed by atoms with van der Waals surface area (Å²) in [6.07, 6.45) is 1.77. The highest BCUT2D eigenvalue weighted by atomic mass is 35.5. The van der Waals surface area contributed by atoms with Gasteiger partial charge in [-0.15, -0.1) is 0 Å². The van der Waals surface area contributed by atoms with E-state index in [1.807, 2.05) is 13.0 Å². The highest BCUT2D eigenvalue weighted by Crippen LogP contribution is 2.23. The fourth-order valence-electron chi connectivity index (χ4n) is 2.00. The summed E-state index contributed by atoms with van der Waals surface area (Å²) in [7, 11) is 0. The third kappa shape index (κ3) is 3.73. The van der Waals surface area contributed by atoms with Crippen molar-refractivity contribution >= 4 is 17.3 Å². The summed E-state index contributed by atoms with van der Waals surface area (Å²) < 4.78 is 0. The first kappa shape index (κ1) is 14.9. The molecule has 0 atom stereocenters. The largest absolute Gasteiger partial charge is 0.378 e. The normalized spacial score (nSPS) is 11.4. The smallest absolute Gasteiger partial charge is 0.152 e. The van der Waals surface area contributed by atoms with E-state index in [0.717, 1.165) is 17.8 Å². The van der Waals surface area contributed by atoms with Crippen LogP contribution in [0.1, 0.15) is 37.5 Å². The average molecular weight is 289 g/mol. The van der Waals surface area contributed by atoms with Crippen LogP contribution in [0.15, 0.2) is 36.5 Å². The van der Waals surface area contributed by atoms with E-state index in [-0.39, 0.29) is 5.41 Å². The van der Waals surface area contributed by atoms with Gasteiger partial charge in [0, 0.05) is 12.7 Å². The molecular formula is C17H21ClN2. The van der Waals surface area contributed by atoms with Crippen molar-refractivity contribution in [3.05, 3.63) is 58.4 Å². The van der Waals surface area contributed by atoms with Crippen molar-refractivity contribution in [1.29, 1.82) is 0 Å². The quantitative estimate of drug-likeness (QED) is 0.808. The fourth-order valence-corrected chi connectivity index (χ4v) is 2.17. The molecule has 20 heavy (non-hydrogen) atoms. The van der Waals surface area contributed by atoms with E-state index in [4.69, 9.17) is 11.6 Å². The van der Waals surface area contributed by atoms with Crippen LogP contribution in [0.5, 0.6) is 0 Å². The highest BCUT2D eigenvalue weighted by Gasteiger charge is 2.12. The second-order valence-corrected chi connectivity index (χ2v) is 6.51.